The topological polar surface area (TPSA) is 15.3 Å². The van der Waals surface area contributed by atoms with Gasteiger partial charge in [-0.05, 0) is 35.7 Å². The van der Waals surface area contributed by atoms with Crippen LogP contribution in [0, 0.1) is 6.92 Å². The first-order chi connectivity index (χ1) is 11.8. The molecule has 0 radical (unpaired) electrons. The Labute approximate surface area is 142 Å². The van der Waals surface area contributed by atoms with Crippen LogP contribution >= 0.6 is 0 Å². The van der Waals surface area contributed by atoms with Gasteiger partial charge in [-0.3, -0.25) is 0 Å². The molecule has 0 atom stereocenters. The third kappa shape index (κ3) is 3.93. The summed E-state index contributed by atoms with van der Waals surface area (Å²) in [5, 5.41) is 0. The van der Waals surface area contributed by atoms with Crippen molar-refractivity contribution in [1.82, 2.24) is 0 Å². The molecule has 0 fully saturated rings. The molecule has 0 bridgehead atoms. The second kappa shape index (κ2) is 7.64. The molecule has 0 amide bonds. The van der Waals surface area contributed by atoms with Gasteiger partial charge in [-0.1, -0.05) is 66.7 Å². The zero-order valence-electron chi connectivity index (χ0n) is 13.7. The quantitative estimate of drug-likeness (QED) is 0.603. The number of anilines is 2. The maximum Gasteiger partial charge on any atom is 0.0705 e. The predicted molar refractivity (Wildman–Crippen MR) is 98.7 cm³/mol. The van der Waals surface area contributed by atoms with E-state index in [-0.39, 0.29) is 0 Å². The van der Waals surface area contributed by atoms with Crippen LogP contribution in [0.25, 0.3) is 0 Å². The normalized spacial score (nSPS) is 10.4. The molecule has 0 spiro atoms. The van der Waals surface area contributed by atoms with Gasteiger partial charge in [-0.2, -0.15) is 0 Å². The molecule has 0 aromatic heterocycles. The van der Waals surface area contributed by atoms with Crippen molar-refractivity contribution in [2.75, 3.05) is 10.4 Å². The van der Waals surface area contributed by atoms with Crippen molar-refractivity contribution >= 4 is 11.4 Å². The van der Waals surface area contributed by atoms with Gasteiger partial charge in [0.15, 0.2) is 0 Å². The van der Waals surface area contributed by atoms with Crippen molar-refractivity contribution < 1.29 is 4.48 Å². The highest BCUT2D eigenvalue weighted by Gasteiger charge is 2.10. The number of rotatable bonds is 6. The number of halogens is 1. The molecular weight excluding hydrogens is 299 g/mol. The van der Waals surface area contributed by atoms with E-state index >= 15 is 0 Å². The SMILES string of the molecule is Cc1ccc(N(Cc2ccccc2)Cc2ccccc2)cc1NF. The molecule has 0 heterocycles. The number of hydrogen-bond acceptors (Lipinski definition) is 2. The van der Waals surface area contributed by atoms with Gasteiger partial charge in [-0.25, -0.2) is 5.54 Å². The fourth-order valence-electron chi connectivity index (χ4n) is 2.75. The first-order valence-electron chi connectivity index (χ1n) is 8.06. The van der Waals surface area contributed by atoms with Crippen molar-refractivity contribution in [2.45, 2.75) is 20.0 Å². The van der Waals surface area contributed by atoms with E-state index in [1.807, 2.05) is 61.5 Å². The molecule has 3 heteroatoms. The minimum Gasteiger partial charge on any atom is -0.363 e. The monoisotopic (exact) mass is 320 g/mol. The van der Waals surface area contributed by atoms with Crippen LogP contribution in [-0.4, -0.2) is 0 Å². The first kappa shape index (κ1) is 16.1. The maximum atomic E-state index is 13.0. The third-order valence-corrected chi connectivity index (χ3v) is 4.12. The minimum atomic E-state index is 0.513. The molecule has 1 N–H and O–H groups in total. The fourth-order valence-corrected chi connectivity index (χ4v) is 2.75. The molecule has 3 aromatic carbocycles. The van der Waals surface area contributed by atoms with Crippen molar-refractivity contribution in [1.29, 1.82) is 0 Å². The highest BCUT2D eigenvalue weighted by atomic mass is 19.2. The predicted octanol–water partition coefficient (Wildman–Crippen LogP) is 5.50. The van der Waals surface area contributed by atoms with E-state index in [1.165, 1.54) is 11.1 Å². The lowest BCUT2D eigenvalue weighted by Crippen LogP contribution is -2.22. The number of nitrogens with one attached hydrogen (secondary N) is 1. The molecule has 24 heavy (non-hydrogen) atoms. The molecule has 0 aliphatic carbocycles. The Kier molecular flexibility index (Phi) is 5.12. The van der Waals surface area contributed by atoms with E-state index in [2.05, 4.69) is 29.2 Å². The molecule has 3 rings (SSSR count). The number of nitrogens with zero attached hydrogens (tertiary/aromatic N) is 1. The molecule has 2 nitrogen and oxygen atoms in total. The van der Waals surface area contributed by atoms with E-state index in [0.717, 1.165) is 24.3 Å². The van der Waals surface area contributed by atoms with E-state index < -0.39 is 0 Å². The highest BCUT2D eigenvalue weighted by Crippen LogP contribution is 2.26. The van der Waals surface area contributed by atoms with Gasteiger partial charge in [0.25, 0.3) is 0 Å². The summed E-state index contributed by atoms with van der Waals surface area (Å²) in [4.78, 5) is 2.25. The van der Waals surface area contributed by atoms with Crippen LogP contribution in [0.4, 0.5) is 15.9 Å². The van der Waals surface area contributed by atoms with Crippen LogP contribution in [0.2, 0.25) is 0 Å². The number of hydrogen-bond donors (Lipinski definition) is 1. The van der Waals surface area contributed by atoms with Gasteiger partial charge in [-0.15, -0.1) is 4.48 Å². The van der Waals surface area contributed by atoms with Crippen molar-refractivity contribution in [3.8, 4) is 0 Å². The molecule has 0 aliphatic rings. The van der Waals surface area contributed by atoms with Crippen molar-refractivity contribution in [2.24, 2.45) is 0 Å². The maximum absolute atomic E-state index is 13.0. The molecule has 0 aliphatic heterocycles. The molecule has 0 unspecified atom stereocenters. The van der Waals surface area contributed by atoms with Crippen LogP contribution < -0.4 is 10.4 Å². The Morgan fingerprint density at radius 2 is 1.33 bits per heavy atom. The number of aryl methyl sites for hydroxylation is 1. The Bertz CT molecular complexity index is 731. The van der Waals surface area contributed by atoms with Crippen LogP contribution in [0.5, 0.6) is 0 Å². The van der Waals surface area contributed by atoms with Gasteiger partial charge < -0.3 is 4.90 Å². The molecule has 0 saturated carbocycles. The first-order valence-corrected chi connectivity index (χ1v) is 8.06. The highest BCUT2D eigenvalue weighted by molar-refractivity contribution is 5.61. The van der Waals surface area contributed by atoms with Gasteiger partial charge in [0.05, 0.1) is 5.69 Å². The summed E-state index contributed by atoms with van der Waals surface area (Å²) < 4.78 is 13.0. The Morgan fingerprint density at radius 3 is 1.83 bits per heavy atom. The average Bonchev–Trinajstić information content (AvgIpc) is 2.63. The van der Waals surface area contributed by atoms with Gasteiger partial charge in [0.1, 0.15) is 0 Å². The summed E-state index contributed by atoms with van der Waals surface area (Å²) in [6.07, 6.45) is 0. The summed E-state index contributed by atoms with van der Waals surface area (Å²) >= 11 is 0. The summed E-state index contributed by atoms with van der Waals surface area (Å²) in [7, 11) is 0. The fraction of sp³-hybridized carbons (Fsp3) is 0.143. The molecule has 122 valence electrons. The van der Waals surface area contributed by atoms with Gasteiger partial charge >= 0.3 is 0 Å². The standard InChI is InChI=1S/C21H21FN2/c1-17-12-13-20(14-21(17)23-22)24(15-18-8-4-2-5-9-18)16-19-10-6-3-7-11-19/h2-14,23H,15-16H2,1H3. The van der Waals surface area contributed by atoms with Crippen molar-refractivity contribution in [3.05, 3.63) is 95.6 Å². The lowest BCUT2D eigenvalue weighted by molar-refractivity contribution is 0.616. The summed E-state index contributed by atoms with van der Waals surface area (Å²) in [5.74, 6) is 0. The summed E-state index contributed by atoms with van der Waals surface area (Å²) in [6, 6.07) is 26.5. The lowest BCUT2D eigenvalue weighted by atomic mass is 10.1. The van der Waals surface area contributed by atoms with Crippen LogP contribution in [-0.2, 0) is 13.1 Å². The molecular formula is C21H21FN2. The average molecular weight is 320 g/mol. The second-order valence-electron chi connectivity index (χ2n) is 5.92. The van der Waals surface area contributed by atoms with Gasteiger partial charge in [0, 0.05) is 18.8 Å². The van der Waals surface area contributed by atoms with E-state index in [9.17, 15) is 4.48 Å². The van der Waals surface area contributed by atoms with E-state index in [0.29, 0.717) is 5.69 Å². The van der Waals surface area contributed by atoms with Gasteiger partial charge in [0.2, 0.25) is 0 Å². The zero-order valence-corrected chi connectivity index (χ0v) is 13.7. The van der Waals surface area contributed by atoms with E-state index in [4.69, 9.17) is 0 Å². The van der Waals surface area contributed by atoms with Crippen LogP contribution in [0.3, 0.4) is 0 Å². The summed E-state index contributed by atoms with van der Waals surface area (Å²) in [6.45, 7) is 3.43. The Balaban J connectivity index is 1.91. The lowest BCUT2D eigenvalue weighted by Gasteiger charge is -2.26. The third-order valence-electron chi connectivity index (χ3n) is 4.12. The minimum absolute atomic E-state index is 0.513. The summed E-state index contributed by atoms with van der Waals surface area (Å²) in [5.41, 5.74) is 6.64. The zero-order chi connectivity index (χ0) is 16.8. The van der Waals surface area contributed by atoms with Crippen LogP contribution in [0.1, 0.15) is 16.7 Å². The smallest absolute Gasteiger partial charge is 0.0705 e. The van der Waals surface area contributed by atoms with E-state index in [1.54, 1.807) is 5.54 Å². The molecule has 3 aromatic rings. The Morgan fingerprint density at radius 1 is 0.792 bits per heavy atom. The van der Waals surface area contributed by atoms with Crippen molar-refractivity contribution in [3.63, 3.8) is 0 Å². The number of benzene rings is 3. The Hall–Kier alpha value is -2.81. The second-order valence-corrected chi connectivity index (χ2v) is 5.92. The molecule has 0 saturated heterocycles. The largest absolute Gasteiger partial charge is 0.363 e. The van der Waals surface area contributed by atoms with Crippen LogP contribution in [0.15, 0.2) is 78.9 Å².